The van der Waals surface area contributed by atoms with E-state index in [-0.39, 0.29) is 18.3 Å². The van der Waals surface area contributed by atoms with Crippen LogP contribution in [0.3, 0.4) is 0 Å². The van der Waals surface area contributed by atoms with Crippen LogP contribution < -0.4 is 9.64 Å². The number of amides is 1. The van der Waals surface area contributed by atoms with E-state index in [1.807, 2.05) is 4.40 Å². The molecule has 0 bridgehead atoms. The number of aryl methyl sites for hydroxylation is 1. The number of piperazine rings is 1. The molecule has 0 unspecified atom stereocenters. The van der Waals surface area contributed by atoms with Gasteiger partial charge < -0.3 is 14.5 Å². The molecule has 3 heterocycles. The van der Waals surface area contributed by atoms with E-state index in [1.54, 1.807) is 11.2 Å². The number of carbonyl (C=O) groups excluding carboxylic acids is 1. The van der Waals surface area contributed by atoms with Crippen LogP contribution in [0.4, 0.5) is 10.2 Å². The van der Waals surface area contributed by atoms with Crippen molar-refractivity contribution in [1.82, 2.24) is 24.5 Å². The van der Waals surface area contributed by atoms with Gasteiger partial charge in [0.25, 0.3) is 11.7 Å². The van der Waals surface area contributed by atoms with Crippen LogP contribution in [0.1, 0.15) is 19.0 Å². The summed E-state index contributed by atoms with van der Waals surface area (Å²) in [6.07, 6.45) is 3.63. The van der Waals surface area contributed by atoms with Crippen LogP contribution in [0.25, 0.3) is 5.78 Å². The normalized spacial score (nSPS) is 14.4. The molecule has 1 amide bonds. The van der Waals surface area contributed by atoms with Crippen LogP contribution in [-0.4, -0.2) is 63.2 Å². The molecule has 1 aliphatic rings. The summed E-state index contributed by atoms with van der Waals surface area (Å²) in [4.78, 5) is 21.0. The molecule has 1 saturated heterocycles. The van der Waals surface area contributed by atoms with Gasteiger partial charge in [-0.05, 0) is 30.7 Å². The van der Waals surface area contributed by atoms with Crippen LogP contribution in [0, 0.1) is 5.82 Å². The van der Waals surface area contributed by atoms with Gasteiger partial charge in [0.15, 0.2) is 6.61 Å². The molecular weight excluding hydrogens is 375 g/mol. The highest BCUT2D eigenvalue weighted by Crippen LogP contribution is 2.18. The summed E-state index contributed by atoms with van der Waals surface area (Å²) in [5, 5.41) is 8.05. The summed E-state index contributed by atoms with van der Waals surface area (Å²) in [5.41, 5.74) is 1.13. The van der Waals surface area contributed by atoms with E-state index < -0.39 is 0 Å². The van der Waals surface area contributed by atoms with Crippen molar-refractivity contribution in [2.75, 3.05) is 37.7 Å². The number of carbonyl (C=O) groups is 1. The van der Waals surface area contributed by atoms with Crippen LogP contribution in [-0.2, 0) is 11.2 Å². The maximum atomic E-state index is 12.9. The minimum atomic E-state index is -0.334. The minimum absolute atomic E-state index is 0.0593. The first-order chi connectivity index (χ1) is 14.1. The summed E-state index contributed by atoms with van der Waals surface area (Å²) in [5.74, 6) is 1.52. The Hall–Kier alpha value is -3.23. The van der Waals surface area contributed by atoms with E-state index in [0.29, 0.717) is 37.7 Å². The summed E-state index contributed by atoms with van der Waals surface area (Å²) in [7, 11) is 0. The Morgan fingerprint density at radius 1 is 1.17 bits per heavy atom. The molecule has 0 atom stereocenters. The smallest absolute Gasteiger partial charge is 0.260 e. The average molecular weight is 398 g/mol. The zero-order valence-corrected chi connectivity index (χ0v) is 16.3. The van der Waals surface area contributed by atoms with Gasteiger partial charge in [0.05, 0.1) is 0 Å². The number of benzene rings is 1. The number of anilines is 1. The van der Waals surface area contributed by atoms with Crippen LogP contribution in [0.15, 0.2) is 36.7 Å². The van der Waals surface area contributed by atoms with Gasteiger partial charge in [-0.15, -0.1) is 10.2 Å². The molecule has 8 nitrogen and oxygen atoms in total. The minimum Gasteiger partial charge on any atom is -0.484 e. The predicted molar refractivity (Wildman–Crippen MR) is 105 cm³/mol. The van der Waals surface area contributed by atoms with Crippen molar-refractivity contribution >= 4 is 17.5 Å². The summed E-state index contributed by atoms with van der Waals surface area (Å²) < 4.78 is 20.3. The number of nitrogens with zero attached hydrogens (tertiary/aromatic N) is 6. The zero-order valence-electron chi connectivity index (χ0n) is 16.3. The number of halogens is 1. The highest BCUT2D eigenvalue weighted by atomic mass is 19.1. The Balaban J connectivity index is 1.36. The molecule has 0 spiro atoms. The van der Waals surface area contributed by atoms with Gasteiger partial charge in [0.1, 0.15) is 23.7 Å². The van der Waals surface area contributed by atoms with E-state index in [0.717, 1.165) is 24.4 Å². The maximum Gasteiger partial charge on any atom is 0.260 e. The number of hydrogen-bond acceptors (Lipinski definition) is 6. The lowest BCUT2D eigenvalue weighted by molar-refractivity contribution is -0.133. The third kappa shape index (κ3) is 4.28. The first kappa shape index (κ1) is 19.1. The number of rotatable bonds is 6. The van der Waals surface area contributed by atoms with Crippen molar-refractivity contribution in [1.29, 1.82) is 0 Å². The lowest BCUT2D eigenvalue weighted by Gasteiger charge is -2.35. The van der Waals surface area contributed by atoms with Crippen molar-refractivity contribution in [2.45, 2.75) is 19.8 Å². The second-order valence-corrected chi connectivity index (χ2v) is 6.97. The van der Waals surface area contributed by atoms with Gasteiger partial charge >= 0.3 is 0 Å². The standard InChI is InChI=1S/C20H23FN6O2/c1-2-3-16-12-18(23-20-24-22-14-27(16)20)25-8-10-26(11-9-25)19(28)13-29-17-6-4-15(21)5-7-17/h4-7,12,14H,2-3,8-11,13H2,1H3. The maximum absolute atomic E-state index is 12.9. The molecule has 3 aromatic rings. The molecule has 1 aliphatic heterocycles. The fraction of sp³-hybridized carbons (Fsp3) is 0.400. The highest BCUT2D eigenvalue weighted by molar-refractivity contribution is 5.78. The second-order valence-electron chi connectivity index (χ2n) is 6.97. The summed E-state index contributed by atoms with van der Waals surface area (Å²) >= 11 is 0. The molecule has 0 radical (unpaired) electrons. The quantitative estimate of drug-likeness (QED) is 0.632. The number of aromatic nitrogens is 4. The molecule has 9 heteroatoms. The Kier molecular flexibility index (Phi) is 5.55. The molecule has 0 saturated carbocycles. The van der Waals surface area contributed by atoms with Gasteiger partial charge in [-0.3, -0.25) is 9.20 Å². The van der Waals surface area contributed by atoms with Crippen LogP contribution in [0.5, 0.6) is 5.75 Å². The Bertz CT molecular complexity index is 982. The molecule has 4 rings (SSSR count). The third-order valence-electron chi connectivity index (χ3n) is 4.99. The molecular formula is C20H23FN6O2. The topological polar surface area (TPSA) is 75.9 Å². The van der Waals surface area contributed by atoms with E-state index in [2.05, 4.69) is 33.1 Å². The molecule has 152 valence electrons. The van der Waals surface area contributed by atoms with E-state index in [1.165, 1.54) is 24.3 Å². The van der Waals surface area contributed by atoms with Crippen molar-refractivity contribution in [2.24, 2.45) is 0 Å². The second kappa shape index (κ2) is 8.42. The van der Waals surface area contributed by atoms with E-state index >= 15 is 0 Å². The lowest BCUT2D eigenvalue weighted by atomic mass is 10.2. The predicted octanol–water partition coefficient (Wildman–Crippen LogP) is 1.94. The SMILES string of the molecule is CCCc1cc(N2CCN(C(=O)COc3ccc(F)cc3)CC2)nc2nncn12. The molecule has 0 N–H and O–H groups in total. The zero-order chi connectivity index (χ0) is 20.2. The number of ether oxygens (including phenoxy) is 1. The molecule has 1 fully saturated rings. The van der Waals surface area contributed by atoms with Crippen LogP contribution in [0.2, 0.25) is 0 Å². The van der Waals surface area contributed by atoms with Gasteiger partial charge in [-0.25, -0.2) is 4.39 Å². The monoisotopic (exact) mass is 398 g/mol. The van der Waals surface area contributed by atoms with Crippen molar-refractivity contribution in [3.8, 4) is 5.75 Å². The number of hydrogen-bond donors (Lipinski definition) is 0. The van der Waals surface area contributed by atoms with Gasteiger partial charge in [0.2, 0.25) is 0 Å². The van der Waals surface area contributed by atoms with Crippen molar-refractivity contribution < 1.29 is 13.9 Å². The van der Waals surface area contributed by atoms with Crippen molar-refractivity contribution in [3.63, 3.8) is 0 Å². The van der Waals surface area contributed by atoms with E-state index in [4.69, 9.17) is 4.74 Å². The van der Waals surface area contributed by atoms with Gasteiger partial charge in [0, 0.05) is 37.9 Å². The number of fused-ring (bicyclic) bond motifs is 1. The first-order valence-corrected chi connectivity index (χ1v) is 9.75. The first-order valence-electron chi connectivity index (χ1n) is 9.75. The summed E-state index contributed by atoms with van der Waals surface area (Å²) in [6.45, 7) is 4.63. The average Bonchev–Trinajstić information content (AvgIpc) is 3.22. The fourth-order valence-electron chi connectivity index (χ4n) is 3.42. The van der Waals surface area contributed by atoms with Crippen molar-refractivity contribution in [3.05, 3.63) is 48.2 Å². The molecule has 2 aromatic heterocycles. The van der Waals surface area contributed by atoms with Gasteiger partial charge in [-0.2, -0.15) is 4.98 Å². The van der Waals surface area contributed by atoms with Gasteiger partial charge in [-0.1, -0.05) is 13.3 Å². The third-order valence-corrected chi connectivity index (χ3v) is 4.99. The lowest BCUT2D eigenvalue weighted by Crippen LogP contribution is -2.50. The highest BCUT2D eigenvalue weighted by Gasteiger charge is 2.23. The Morgan fingerprint density at radius 2 is 1.93 bits per heavy atom. The van der Waals surface area contributed by atoms with Crippen LogP contribution >= 0.6 is 0 Å². The molecule has 0 aliphatic carbocycles. The largest absolute Gasteiger partial charge is 0.484 e. The summed E-state index contributed by atoms with van der Waals surface area (Å²) in [6, 6.07) is 7.73. The fourth-order valence-corrected chi connectivity index (χ4v) is 3.42. The molecule has 29 heavy (non-hydrogen) atoms. The van der Waals surface area contributed by atoms with E-state index in [9.17, 15) is 9.18 Å². The Labute approximate surface area is 167 Å². The Morgan fingerprint density at radius 3 is 2.66 bits per heavy atom. The molecule has 1 aromatic carbocycles.